The van der Waals surface area contributed by atoms with Gasteiger partial charge in [0, 0.05) is 25.1 Å². The van der Waals surface area contributed by atoms with Gasteiger partial charge < -0.3 is 19.5 Å². The van der Waals surface area contributed by atoms with Gasteiger partial charge >= 0.3 is 6.09 Å². The Morgan fingerprint density at radius 1 is 1.45 bits per heavy atom. The molecule has 0 saturated carbocycles. The van der Waals surface area contributed by atoms with Gasteiger partial charge in [0.1, 0.15) is 17.1 Å². The van der Waals surface area contributed by atoms with E-state index in [-0.39, 0.29) is 6.09 Å². The zero-order valence-electron chi connectivity index (χ0n) is 14.2. The Labute approximate surface area is 132 Å². The Hall–Kier alpha value is -1.56. The van der Waals surface area contributed by atoms with Gasteiger partial charge in [-0.15, -0.1) is 0 Å². The first-order chi connectivity index (χ1) is 10.3. The monoisotopic (exact) mass is 309 g/mol. The summed E-state index contributed by atoms with van der Waals surface area (Å²) in [6.07, 6.45) is 0.409. The molecule has 0 spiro atoms. The maximum Gasteiger partial charge on any atom is 0.410 e. The van der Waals surface area contributed by atoms with E-state index in [1.165, 1.54) is 0 Å². The number of carbonyl (C=O) groups excluding carboxylic acids is 1. The van der Waals surface area contributed by atoms with Crippen LogP contribution in [0, 0.1) is 5.92 Å². The Kier molecular flexibility index (Phi) is 5.11. The van der Waals surface area contributed by atoms with E-state index >= 15 is 0 Å². The SMILES string of the molecule is CC(C)CNCc1noc2c1CN(C(=O)OC(C)(C)C)CC2. The van der Waals surface area contributed by atoms with E-state index in [1.54, 1.807) is 4.90 Å². The molecule has 1 aromatic heterocycles. The first-order valence-electron chi connectivity index (χ1n) is 7.91. The van der Waals surface area contributed by atoms with Crippen LogP contribution in [0.2, 0.25) is 0 Å². The van der Waals surface area contributed by atoms with Crippen LogP contribution in [0.1, 0.15) is 51.6 Å². The summed E-state index contributed by atoms with van der Waals surface area (Å²) in [5.74, 6) is 1.47. The van der Waals surface area contributed by atoms with E-state index in [9.17, 15) is 4.79 Å². The summed E-state index contributed by atoms with van der Waals surface area (Å²) in [5, 5.41) is 7.51. The summed E-state index contributed by atoms with van der Waals surface area (Å²) < 4.78 is 10.8. The van der Waals surface area contributed by atoms with E-state index < -0.39 is 5.60 Å². The second kappa shape index (κ2) is 6.69. The highest BCUT2D eigenvalue weighted by Gasteiger charge is 2.29. The lowest BCUT2D eigenvalue weighted by molar-refractivity contribution is 0.0218. The summed E-state index contributed by atoms with van der Waals surface area (Å²) in [6.45, 7) is 12.7. The van der Waals surface area contributed by atoms with Crippen molar-refractivity contribution < 1.29 is 14.1 Å². The molecule has 1 aliphatic rings. The number of nitrogens with zero attached hydrogens (tertiary/aromatic N) is 2. The molecule has 0 atom stereocenters. The Balaban J connectivity index is 1.99. The van der Waals surface area contributed by atoms with E-state index in [0.29, 0.717) is 32.0 Å². The molecule has 1 aliphatic heterocycles. The van der Waals surface area contributed by atoms with Crippen LogP contribution in [0.15, 0.2) is 4.52 Å². The second-order valence-electron chi connectivity index (χ2n) is 7.21. The molecule has 0 aliphatic carbocycles. The van der Waals surface area contributed by atoms with Gasteiger partial charge in [-0.2, -0.15) is 0 Å². The summed E-state index contributed by atoms with van der Waals surface area (Å²) >= 11 is 0. The Bertz CT molecular complexity index is 517. The molecule has 0 aromatic carbocycles. The van der Waals surface area contributed by atoms with Crippen LogP contribution in [-0.2, 0) is 24.2 Å². The number of amides is 1. The van der Waals surface area contributed by atoms with Crippen molar-refractivity contribution in [2.24, 2.45) is 5.92 Å². The summed E-state index contributed by atoms with van der Waals surface area (Å²) in [5.41, 5.74) is 1.44. The molecule has 0 unspecified atom stereocenters. The third-order valence-corrected chi connectivity index (χ3v) is 3.41. The summed E-state index contributed by atoms with van der Waals surface area (Å²) in [6, 6.07) is 0. The average Bonchev–Trinajstić information content (AvgIpc) is 2.79. The Morgan fingerprint density at radius 2 is 2.18 bits per heavy atom. The highest BCUT2D eigenvalue weighted by Crippen LogP contribution is 2.24. The molecular formula is C16H27N3O3. The van der Waals surface area contributed by atoms with Crippen LogP contribution >= 0.6 is 0 Å². The third-order valence-electron chi connectivity index (χ3n) is 3.41. The molecule has 0 radical (unpaired) electrons. The summed E-state index contributed by atoms with van der Waals surface area (Å²) in [7, 11) is 0. The molecule has 6 nitrogen and oxygen atoms in total. The molecule has 1 N–H and O–H groups in total. The van der Waals surface area contributed by atoms with Gasteiger partial charge in [-0.1, -0.05) is 19.0 Å². The van der Waals surface area contributed by atoms with Crippen molar-refractivity contribution >= 4 is 6.09 Å². The number of carbonyl (C=O) groups is 1. The van der Waals surface area contributed by atoms with Gasteiger partial charge in [-0.3, -0.25) is 0 Å². The molecule has 0 fully saturated rings. The van der Waals surface area contributed by atoms with Crippen LogP contribution in [0.3, 0.4) is 0 Å². The zero-order chi connectivity index (χ0) is 16.3. The zero-order valence-corrected chi connectivity index (χ0v) is 14.2. The minimum atomic E-state index is -0.479. The molecule has 1 amide bonds. The number of fused-ring (bicyclic) bond motifs is 1. The van der Waals surface area contributed by atoms with E-state index in [0.717, 1.165) is 23.6 Å². The predicted molar refractivity (Wildman–Crippen MR) is 83.4 cm³/mol. The molecule has 0 bridgehead atoms. The van der Waals surface area contributed by atoms with Gasteiger partial charge in [-0.05, 0) is 33.2 Å². The third kappa shape index (κ3) is 4.47. The maximum absolute atomic E-state index is 12.2. The second-order valence-corrected chi connectivity index (χ2v) is 7.21. The molecular weight excluding hydrogens is 282 g/mol. The average molecular weight is 309 g/mol. The number of hydrogen-bond acceptors (Lipinski definition) is 5. The van der Waals surface area contributed by atoms with Crippen LogP contribution < -0.4 is 5.32 Å². The smallest absolute Gasteiger partial charge is 0.410 e. The predicted octanol–water partition coefficient (Wildman–Crippen LogP) is 2.71. The molecule has 0 saturated heterocycles. The molecule has 1 aromatic rings. The van der Waals surface area contributed by atoms with Gasteiger partial charge in [0.2, 0.25) is 0 Å². The fourth-order valence-corrected chi connectivity index (χ4v) is 2.36. The van der Waals surface area contributed by atoms with E-state index in [2.05, 4.69) is 24.3 Å². The van der Waals surface area contributed by atoms with Crippen molar-refractivity contribution in [3.05, 3.63) is 17.0 Å². The fraction of sp³-hybridized carbons (Fsp3) is 0.750. The van der Waals surface area contributed by atoms with E-state index in [4.69, 9.17) is 9.26 Å². The van der Waals surface area contributed by atoms with Crippen LogP contribution in [0.25, 0.3) is 0 Å². The lowest BCUT2D eigenvalue weighted by Crippen LogP contribution is -2.40. The standard InChI is InChI=1S/C16H27N3O3/c1-11(2)8-17-9-13-12-10-19(7-6-14(12)22-18-13)15(20)21-16(3,4)5/h11,17H,6-10H2,1-5H3. The van der Waals surface area contributed by atoms with Gasteiger partial charge in [-0.25, -0.2) is 4.79 Å². The van der Waals surface area contributed by atoms with Crippen LogP contribution in [0.5, 0.6) is 0 Å². The quantitative estimate of drug-likeness (QED) is 0.926. The number of ether oxygens (including phenoxy) is 1. The minimum Gasteiger partial charge on any atom is -0.444 e. The molecule has 2 heterocycles. The lowest BCUT2D eigenvalue weighted by atomic mass is 10.1. The number of nitrogens with one attached hydrogen (secondary N) is 1. The van der Waals surface area contributed by atoms with E-state index in [1.807, 2.05) is 20.8 Å². The highest BCUT2D eigenvalue weighted by molar-refractivity contribution is 5.68. The largest absolute Gasteiger partial charge is 0.444 e. The van der Waals surface area contributed by atoms with Crippen molar-refractivity contribution in [3.8, 4) is 0 Å². The minimum absolute atomic E-state index is 0.277. The normalized spacial score (nSPS) is 15.1. The van der Waals surface area contributed by atoms with Crippen LogP contribution in [0.4, 0.5) is 4.79 Å². The van der Waals surface area contributed by atoms with Crippen molar-refractivity contribution in [1.82, 2.24) is 15.4 Å². The first-order valence-corrected chi connectivity index (χ1v) is 7.91. The number of aromatic nitrogens is 1. The molecule has 124 valence electrons. The van der Waals surface area contributed by atoms with Gasteiger partial charge in [0.05, 0.1) is 6.54 Å². The molecule has 22 heavy (non-hydrogen) atoms. The van der Waals surface area contributed by atoms with Gasteiger partial charge in [0.25, 0.3) is 0 Å². The van der Waals surface area contributed by atoms with Gasteiger partial charge in [0.15, 0.2) is 0 Å². The van der Waals surface area contributed by atoms with Crippen molar-refractivity contribution in [1.29, 1.82) is 0 Å². The first kappa shape index (κ1) is 16.8. The molecule has 6 heteroatoms. The lowest BCUT2D eigenvalue weighted by Gasteiger charge is -2.29. The topological polar surface area (TPSA) is 67.6 Å². The Morgan fingerprint density at radius 3 is 2.82 bits per heavy atom. The summed E-state index contributed by atoms with van der Waals surface area (Å²) in [4.78, 5) is 13.9. The van der Waals surface area contributed by atoms with Crippen molar-refractivity contribution in [3.63, 3.8) is 0 Å². The number of rotatable bonds is 4. The van der Waals surface area contributed by atoms with Crippen molar-refractivity contribution in [2.75, 3.05) is 13.1 Å². The highest BCUT2D eigenvalue weighted by atomic mass is 16.6. The fourth-order valence-electron chi connectivity index (χ4n) is 2.36. The molecule has 2 rings (SSSR count). The number of hydrogen-bond donors (Lipinski definition) is 1. The maximum atomic E-state index is 12.2. The van der Waals surface area contributed by atoms with Crippen molar-refractivity contribution in [2.45, 2.75) is 59.7 Å². The van der Waals surface area contributed by atoms with Crippen LogP contribution in [-0.4, -0.2) is 34.8 Å².